The third-order valence-electron chi connectivity index (χ3n) is 8.33. The summed E-state index contributed by atoms with van der Waals surface area (Å²) >= 11 is 0. The summed E-state index contributed by atoms with van der Waals surface area (Å²) in [5.41, 5.74) is 4.35. The summed E-state index contributed by atoms with van der Waals surface area (Å²) in [5.74, 6) is 0.645. The van der Waals surface area contributed by atoms with Gasteiger partial charge in [0.25, 0.3) is 11.8 Å². The first-order chi connectivity index (χ1) is 17.0. The van der Waals surface area contributed by atoms with Gasteiger partial charge in [-0.3, -0.25) is 14.9 Å². The lowest BCUT2D eigenvalue weighted by Gasteiger charge is -2.53. The number of phenolic OH excluding ortho intramolecular Hbond substituents is 1. The lowest BCUT2D eigenvalue weighted by molar-refractivity contribution is -0.0177. The van der Waals surface area contributed by atoms with E-state index >= 15 is 0 Å². The number of hydrogen-bond acceptors (Lipinski definition) is 6. The molecule has 35 heavy (non-hydrogen) atoms. The Bertz CT molecular complexity index is 1250. The summed E-state index contributed by atoms with van der Waals surface area (Å²) in [5, 5.41) is 26.4. The molecule has 7 rings (SSSR count). The maximum absolute atomic E-state index is 11.5. The molecule has 1 fully saturated rings. The summed E-state index contributed by atoms with van der Waals surface area (Å²) in [4.78, 5) is 22.9. The maximum Gasteiger partial charge on any atom is 0.259 e. The second-order valence-corrected chi connectivity index (χ2v) is 10.2. The van der Waals surface area contributed by atoms with Gasteiger partial charge in [0.2, 0.25) is 0 Å². The molecule has 0 unspecified atom stereocenters. The number of carbonyl (C=O) groups excluding carboxylic acids is 2. The van der Waals surface area contributed by atoms with Crippen LogP contribution in [0.15, 0.2) is 42.5 Å². The number of ether oxygens (including phenoxy) is 1. The van der Waals surface area contributed by atoms with Gasteiger partial charge in [0.05, 0.1) is 11.1 Å². The van der Waals surface area contributed by atoms with Gasteiger partial charge in [0, 0.05) is 22.9 Å². The number of nitrogens with one attached hydrogen (secondary N) is 2. The zero-order chi connectivity index (χ0) is 24.3. The van der Waals surface area contributed by atoms with Crippen LogP contribution in [0.3, 0.4) is 0 Å². The van der Waals surface area contributed by atoms with Crippen molar-refractivity contribution in [3.63, 3.8) is 0 Å². The average molecular weight is 475 g/mol. The van der Waals surface area contributed by atoms with Gasteiger partial charge >= 0.3 is 0 Å². The highest BCUT2D eigenvalue weighted by Gasteiger charge is 2.63. The van der Waals surface area contributed by atoms with Crippen LogP contribution in [0, 0.1) is 5.92 Å². The molecule has 4 N–H and O–H groups in total. The number of hydrogen-bond donors (Lipinski definition) is 4. The number of aliphatic hydroxyl groups excluding tert-OH is 1. The van der Waals surface area contributed by atoms with Gasteiger partial charge in [-0.1, -0.05) is 43.7 Å². The molecule has 1 saturated heterocycles. The highest BCUT2D eigenvalue weighted by molar-refractivity contribution is 6.22. The topological polar surface area (TPSA) is 108 Å². The van der Waals surface area contributed by atoms with E-state index in [1.54, 1.807) is 12.1 Å². The normalized spacial score (nSPS) is 30.6. The molecule has 0 aromatic heterocycles. The fourth-order valence-corrected chi connectivity index (χ4v) is 6.84. The van der Waals surface area contributed by atoms with E-state index in [-0.39, 0.29) is 29.1 Å². The molecule has 3 aliphatic heterocycles. The van der Waals surface area contributed by atoms with E-state index in [0.29, 0.717) is 28.8 Å². The van der Waals surface area contributed by atoms with Crippen molar-refractivity contribution in [2.45, 2.75) is 62.7 Å². The van der Waals surface area contributed by atoms with Crippen LogP contribution in [0.5, 0.6) is 11.5 Å². The van der Waals surface area contributed by atoms with Gasteiger partial charge < -0.3 is 20.3 Å². The number of fused-ring (bicyclic) bond motifs is 1. The van der Waals surface area contributed by atoms with Gasteiger partial charge in [-0.2, -0.15) is 0 Å². The van der Waals surface area contributed by atoms with Crippen LogP contribution in [0.25, 0.3) is 0 Å². The quantitative estimate of drug-likeness (QED) is 0.403. The molecule has 5 aliphatic rings. The highest BCUT2D eigenvalue weighted by atomic mass is 16.5. The molecule has 3 heterocycles. The van der Waals surface area contributed by atoms with Crippen LogP contribution in [-0.4, -0.2) is 46.8 Å². The van der Waals surface area contributed by atoms with Gasteiger partial charge in [0.15, 0.2) is 11.5 Å². The van der Waals surface area contributed by atoms with Crippen LogP contribution in [0.1, 0.15) is 63.6 Å². The van der Waals surface area contributed by atoms with Gasteiger partial charge in [-0.05, 0) is 55.5 Å². The largest absolute Gasteiger partial charge is 0.504 e. The lowest BCUT2D eigenvalue weighted by atomic mass is 9.54. The van der Waals surface area contributed by atoms with E-state index in [4.69, 9.17) is 4.74 Å². The number of aliphatic hydroxyl groups is 1. The Morgan fingerprint density at radius 2 is 2.00 bits per heavy atom. The third kappa shape index (κ3) is 3.18. The Morgan fingerprint density at radius 3 is 2.83 bits per heavy atom. The minimum atomic E-state index is -0.595. The summed E-state index contributed by atoms with van der Waals surface area (Å²) in [6, 6.07) is 9.60. The van der Waals surface area contributed by atoms with Crippen molar-refractivity contribution in [3.8, 4) is 11.5 Å². The number of unbranched alkanes of at least 4 members (excludes halogenated alkanes) is 1. The van der Waals surface area contributed by atoms with E-state index in [0.717, 1.165) is 49.8 Å². The predicted molar refractivity (Wildman–Crippen MR) is 130 cm³/mol. The first kappa shape index (κ1) is 22.3. The number of benzene rings is 2. The summed E-state index contributed by atoms with van der Waals surface area (Å²) < 4.78 is 6.04. The maximum atomic E-state index is 11.5. The number of imide groups is 1. The molecule has 0 radical (unpaired) electrons. The Morgan fingerprint density at radius 1 is 1.14 bits per heavy atom. The molecule has 2 aromatic rings. The smallest absolute Gasteiger partial charge is 0.259 e. The van der Waals surface area contributed by atoms with Crippen molar-refractivity contribution >= 4 is 11.8 Å². The average Bonchev–Trinajstić information content (AvgIpc) is 3.35. The molecule has 7 nitrogen and oxygen atoms in total. The third-order valence-corrected chi connectivity index (χ3v) is 8.33. The molecule has 7 heteroatoms. The SMILES string of the molecule is CCCCc1cccc2c1C(=O)NC2=O.Oc1ccc2c3c1O[C@H]1[C@@H](O)C=C[C@H]4[C@@H](C2)NCC[C@@]341. The Kier molecular flexibility index (Phi) is 5.23. The molecular formula is C28H30N2O5. The molecule has 2 amide bonds. The Hall–Kier alpha value is -3.16. The first-order valence-corrected chi connectivity index (χ1v) is 12.5. The first-order valence-electron chi connectivity index (χ1n) is 12.5. The number of carbonyl (C=O) groups is 2. The van der Waals surface area contributed by atoms with Crippen LogP contribution in [0.4, 0.5) is 0 Å². The zero-order valence-corrected chi connectivity index (χ0v) is 19.7. The molecule has 182 valence electrons. The van der Waals surface area contributed by atoms with Crippen LogP contribution < -0.4 is 15.4 Å². The second kappa shape index (κ2) is 8.21. The Labute approximate surface area is 204 Å². The molecule has 0 saturated carbocycles. The number of phenols is 1. The van der Waals surface area contributed by atoms with E-state index in [1.165, 1.54) is 5.56 Å². The van der Waals surface area contributed by atoms with Crippen molar-refractivity contribution in [1.82, 2.24) is 10.6 Å². The standard InChI is InChI=1S/C16H17NO3.C12H13NO2/c18-11-3-1-8-7-10-9-2-4-12(19)15-16(9,5-6-17-10)13(8)14(11)20-15;1-2-3-5-8-6-4-7-9-10(8)12(15)13-11(9)14/h1-4,9-10,12,15,17-19H,5-7H2;4,6-7H,2-3,5H2,1H3,(H,13,14,15)/t9-,10+,12-,15-,16-;/m0./s1. The molecule has 2 aliphatic carbocycles. The van der Waals surface area contributed by atoms with E-state index < -0.39 is 6.10 Å². The number of aryl methyl sites for hydroxylation is 1. The van der Waals surface area contributed by atoms with Crippen molar-refractivity contribution in [3.05, 3.63) is 70.3 Å². The molecule has 1 spiro atoms. The lowest BCUT2D eigenvalue weighted by Crippen LogP contribution is -2.64. The van der Waals surface area contributed by atoms with Gasteiger partial charge in [0.1, 0.15) is 12.2 Å². The van der Waals surface area contributed by atoms with E-state index in [1.807, 2.05) is 24.3 Å². The number of piperidine rings is 1. The Balaban J connectivity index is 0.000000137. The number of aromatic hydroxyl groups is 1. The van der Waals surface area contributed by atoms with Gasteiger partial charge in [-0.25, -0.2) is 0 Å². The van der Waals surface area contributed by atoms with Crippen LogP contribution in [0.2, 0.25) is 0 Å². The van der Waals surface area contributed by atoms with Crippen LogP contribution in [-0.2, 0) is 18.3 Å². The number of amides is 2. The monoisotopic (exact) mass is 474 g/mol. The van der Waals surface area contributed by atoms with Crippen molar-refractivity contribution in [2.75, 3.05) is 6.54 Å². The second-order valence-electron chi connectivity index (χ2n) is 10.2. The van der Waals surface area contributed by atoms with E-state index in [9.17, 15) is 19.8 Å². The minimum Gasteiger partial charge on any atom is -0.504 e. The van der Waals surface area contributed by atoms with Crippen molar-refractivity contribution in [1.29, 1.82) is 0 Å². The fraction of sp³-hybridized carbons (Fsp3) is 0.429. The highest BCUT2D eigenvalue weighted by Crippen LogP contribution is 2.61. The van der Waals surface area contributed by atoms with Crippen molar-refractivity contribution < 1.29 is 24.5 Å². The molecule has 2 bridgehead atoms. The van der Waals surface area contributed by atoms with E-state index in [2.05, 4.69) is 23.6 Å². The summed E-state index contributed by atoms with van der Waals surface area (Å²) in [7, 11) is 0. The van der Waals surface area contributed by atoms with Crippen LogP contribution >= 0.6 is 0 Å². The molecule has 5 atom stereocenters. The fourth-order valence-electron chi connectivity index (χ4n) is 6.84. The number of rotatable bonds is 3. The minimum absolute atomic E-state index is 0.161. The van der Waals surface area contributed by atoms with Crippen molar-refractivity contribution in [2.24, 2.45) is 5.92 Å². The predicted octanol–water partition coefficient (Wildman–Crippen LogP) is 2.77. The van der Waals surface area contributed by atoms with Gasteiger partial charge in [-0.15, -0.1) is 0 Å². The summed E-state index contributed by atoms with van der Waals surface area (Å²) in [6.45, 7) is 3.05. The summed E-state index contributed by atoms with van der Waals surface area (Å²) in [6.07, 6.45) is 8.06. The zero-order valence-electron chi connectivity index (χ0n) is 19.7. The molecular weight excluding hydrogens is 444 g/mol. The molecule has 2 aromatic carbocycles.